The first-order valence-corrected chi connectivity index (χ1v) is 9.44. The van der Waals surface area contributed by atoms with E-state index >= 15 is 0 Å². The van der Waals surface area contributed by atoms with Crippen molar-refractivity contribution >= 4 is 18.1 Å². The fourth-order valence-electron chi connectivity index (χ4n) is 2.69. The molecule has 0 aromatic heterocycles. The summed E-state index contributed by atoms with van der Waals surface area (Å²) in [6.07, 6.45) is 1.51. The lowest BCUT2D eigenvalue weighted by atomic mass is 10.1. The number of hydrogen-bond acceptors (Lipinski definition) is 6. The van der Waals surface area contributed by atoms with Gasteiger partial charge in [-0.3, -0.25) is 4.79 Å². The molecule has 0 saturated heterocycles. The zero-order valence-corrected chi connectivity index (χ0v) is 17.4. The van der Waals surface area contributed by atoms with Crippen LogP contribution in [0.1, 0.15) is 31.8 Å². The maximum atomic E-state index is 12.4. The quantitative estimate of drug-likeness (QED) is 0.271. The van der Waals surface area contributed by atoms with Crippen molar-refractivity contribution in [3.63, 3.8) is 0 Å². The molecule has 0 saturated carbocycles. The van der Waals surface area contributed by atoms with E-state index in [2.05, 4.69) is 10.5 Å². The van der Waals surface area contributed by atoms with Crippen molar-refractivity contribution in [1.29, 1.82) is 0 Å². The molecule has 0 unspecified atom stereocenters. The summed E-state index contributed by atoms with van der Waals surface area (Å²) in [5.74, 6) is 0.526. The van der Waals surface area contributed by atoms with Gasteiger partial charge in [-0.2, -0.15) is 5.10 Å². The Morgan fingerprint density at radius 2 is 1.48 bits per heavy atom. The van der Waals surface area contributed by atoms with E-state index in [9.17, 15) is 9.59 Å². The maximum absolute atomic E-state index is 12.4. The molecular formula is C24H22N2O5. The van der Waals surface area contributed by atoms with Crippen molar-refractivity contribution in [1.82, 2.24) is 5.43 Å². The van der Waals surface area contributed by atoms with E-state index in [1.54, 1.807) is 54.6 Å². The van der Waals surface area contributed by atoms with Gasteiger partial charge in [0, 0.05) is 5.56 Å². The lowest BCUT2D eigenvalue weighted by Gasteiger charge is -2.09. The molecule has 0 aliphatic heterocycles. The molecule has 0 aliphatic carbocycles. The van der Waals surface area contributed by atoms with Crippen LogP contribution in [0.4, 0.5) is 0 Å². The van der Waals surface area contributed by atoms with Crippen LogP contribution in [0.3, 0.4) is 0 Å². The summed E-state index contributed by atoms with van der Waals surface area (Å²) < 4.78 is 15.8. The number of ether oxygens (including phenoxy) is 3. The Bertz CT molecular complexity index is 1090. The summed E-state index contributed by atoms with van der Waals surface area (Å²) in [6, 6.07) is 18.7. The third kappa shape index (κ3) is 5.70. The number of hydrazone groups is 1. The Kier molecular flexibility index (Phi) is 7.01. The van der Waals surface area contributed by atoms with Crippen LogP contribution in [-0.4, -0.2) is 32.3 Å². The summed E-state index contributed by atoms with van der Waals surface area (Å²) in [6.45, 7) is 1.95. The number of carbonyl (C=O) groups is 2. The van der Waals surface area contributed by atoms with Crippen LogP contribution < -0.4 is 19.6 Å². The topological polar surface area (TPSA) is 86.2 Å². The minimum absolute atomic E-state index is 0.295. The lowest BCUT2D eigenvalue weighted by Crippen LogP contribution is -2.17. The zero-order valence-electron chi connectivity index (χ0n) is 17.4. The second-order valence-corrected chi connectivity index (χ2v) is 6.59. The Balaban J connectivity index is 1.58. The van der Waals surface area contributed by atoms with Gasteiger partial charge in [0.2, 0.25) is 0 Å². The number of rotatable bonds is 7. The highest BCUT2D eigenvalue weighted by molar-refractivity contribution is 5.95. The number of aryl methyl sites for hydroxylation is 1. The zero-order chi connectivity index (χ0) is 22.2. The van der Waals surface area contributed by atoms with Gasteiger partial charge in [0.25, 0.3) is 5.91 Å². The van der Waals surface area contributed by atoms with Gasteiger partial charge in [-0.15, -0.1) is 0 Å². The molecule has 0 aliphatic rings. The van der Waals surface area contributed by atoms with E-state index in [0.717, 1.165) is 11.1 Å². The highest BCUT2D eigenvalue weighted by atomic mass is 16.5. The minimum Gasteiger partial charge on any atom is -0.493 e. The Morgan fingerprint density at radius 3 is 2.13 bits per heavy atom. The van der Waals surface area contributed by atoms with Crippen LogP contribution in [0.15, 0.2) is 71.8 Å². The van der Waals surface area contributed by atoms with Gasteiger partial charge >= 0.3 is 5.97 Å². The SMILES string of the molecule is COc1ccc(C(=O)Oc2ccc(/C=N\NC(=O)c3ccc(C)cc3)cc2)cc1OC. The van der Waals surface area contributed by atoms with Crippen molar-refractivity contribution in [3.05, 3.63) is 89.0 Å². The Morgan fingerprint density at radius 1 is 0.839 bits per heavy atom. The van der Waals surface area contributed by atoms with Gasteiger partial charge < -0.3 is 14.2 Å². The molecule has 0 radical (unpaired) electrons. The molecule has 1 N–H and O–H groups in total. The lowest BCUT2D eigenvalue weighted by molar-refractivity contribution is 0.0734. The van der Waals surface area contributed by atoms with E-state index in [1.165, 1.54) is 20.4 Å². The molecule has 1 amide bonds. The summed E-state index contributed by atoms with van der Waals surface area (Å²) in [7, 11) is 3.02. The number of nitrogens with zero attached hydrogens (tertiary/aromatic N) is 1. The molecule has 0 atom stereocenters. The molecule has 3 aromatic rings. The van der Waals surface area contributed by atoms with E-state index in [0.29, 0.717) is 28.4 Å². The van der Waals surface area contributed by atoms with Crippen LogP contribution in [-0.2, 0) is 0 Å². The molecule has 0 bridgehead atoms. The highest BCUT2D eigenvalue weighted by Gasteiger charge is 2.13. The normalized spacial score (nSPS) is 10.5. The van der Waals surface area contributed by atoms with Crippen molar-refractivity contribution in [2.75, 3.05) is 14.2 Å². The van der Waals surface area contributed by atoms with Crippen LogP contribution in [0.25, 0.3) is 0 Å². The predicted octanol–water partition coefficient (Wildman–Crippen LogP) is 4.00. The van der Waals surface area contributed by atoms with Crippen LogP contribution in [0, 0.1) is 6.92 Å². The number of hydrogen-bond donors (Lipinski definition) is 1. The van der Waals surface area contributed by atoms with Gasteiger partial charge in [-0.25, -0.2) is 10.2 Å². The number of nitrogens with one attached hydrogen (secondary N) is 1. The van der Waals surface area contributed by atoms with Gasteiger partial charge in [-0.05, 0) is 67.1 Å². The number of methoxy groups -OCH3 is 2. The standard InChI is InChI=1S/C24H22N2O5/c1-16-4-8-18(9-5-16)23(27)26-25-15-17-6-11-20(12-7-17)31-24(28)19-10-13-21(29-2)22(14-19)30-3/h4-15H,1-3H3,(H,26,27)/b25-15-. The summed E-state index contributed by atoms with van der Waals surface area (Å²) >= 11 is 0. The van der Waals surface area contributed by atoms with Crippen LogP contribution in [0.5, 0.6) is 17.2 Å². The minimum atomic E-state index is -0.521. The monoisotopic (exact) mass is 418 g/mol. The summed E-state index contributed by atoms with van der Waals surface area (Å²) in [5.41, 5.74) is 5.15. The van der Waals surface area contributed by atoms with Crippen LogP contribution >= 0.6 is 0 Å². The number of benzene rings is 3. The average Bonchev–Trinajstić information content (AvgIpc) is 2.80. The number of esters is 1. The highest BCUT2D eigenvalue weighted by Crippen LogP contribution is 2.28. The molecule has 7 nitrogen and oxygen atoms in total. The van der Waals surface area contributed by atoms with E-state index in [-0.39, 0.29) is 5.91 Å². The van der Waals surface area contributed by atoms with Crippen molar-refractivity contribution in [2.45, 2.75) is 6.92 Å². The van der Waals surface area contributed by atoms with E-state index < -0.39 is 5.97 Å². The summed E-state index contributed by atoms with van der Waals surface area (Å²) in [4.78, 5) is 24.4. The maximum Gasteiger partial charge on any atom is 0.343 e. The van der Waals surface area contributed by atoms with Crippen molar-refractivity contribution in [3.8, 4) is 17.2 Å². The molecular weight excluding hydrogens is 396 g/mol. The molecule has 7 heteroatoms. The van der Waals surface area contributed by atoms with Crippen molar-refractivity contribution < 1.29 is 23.8 Å². The molecule has 3 aromatic carbocycles. The predicted molar refractivity (Wildman–Crippen MR) is 117 cm³/mol. The van der Waals surface area contributed by atoms with E-state index in [4.69, 9.17) is 14.2 Å². The molecule has 31 heavy (non-hydrogen) atoms. The fourth-order valence-corrected chi connectivity index (χ4v) is 2.69. The second-order valence-electron chi connectivity index (χ2n) is 6.59. The first-order valence-electron chi connectivity index (χ1n) is 9.44. The first kappa shape index (κ1) is 21.6. The van der Waals surface area contributed by atoms with Gasteiger partial charge in [0.15, 0.2) is 11.5 Å². The van der Waals surface area contributed by atoms with Gasteiger partial charge in [0.1, 0.15) is 5.75 Å². The smallest absolute Gasteiger partial charge is 0.343 e. The third-order valence-electron chi connectivity index (χ3n) is 4.40. The fraction of sp³-hybridized carbons (Fsp3) is 0.125. The van der Waals surface area contributed by atoms with Gasteiger partial charge in [-0.1, -0.05) is 17.7 Å². The van der Waals surface area contributed by atoms with Crippen molar-refractivity contribution in [2.24, 2.45) is 5.10 Å². The Labute approximate surface area is 180 Å². The largest absolute Gasteiger partial charge is 0.493 e. The van der Waals surface area contributed by atoms with Gasteiger partial charge in [0.05, 0.1) is 26.0 Å². The molecule has 0 heterocycles. The number of carbonyl (C=O) groups excluding carboxylic acids is 2. The van der Waals surface area contributed by atoms with E-state index in [1.807, 2.05) is 19.1 Å². The molecule has 3 rings (SSSR count). The molecule has 158 valence electrons. The summed E-state index contributed by atoms with van der Waals surface area (Å²) in [5, 5.41) is 3.96. The van der Waals surface area contributed by atoms with Crippen LogP contribution in [0.2, 0.25) is 0 Å². The molecule has 0 fully saturated rings. The number of amides is 1. The third-order valence-corrected chi connectivity index (χ3v) is 4.40. The first-order chi connectivity index (χ1) is 15.0. The average molecular weight is 418 g/mol. The second kappa shape index (κ2) is 10.1. The molecule has 0 spiro atoms. The Hall–Kier alpha value is -4.13.